The number of hydrogen-bond donors (Lipinski definition) is 2. The van der Waals surface area contributed by atoms with Gasteiger partial charge in [0.05, 0.1) is 11.4 Å². The summed E-state index contributed by atoms with van der Waals surface area (Å²) in [6.45, 7) is 8.09. The van der Waals surface area contributed by atoms with E-state index < -0.39 is 15.6 Å². The summed E-state index contributed by atoms with van der Waals surface area (Å²) < 4.78 is 26.0. The smallest absolute Gasteiger partial charge is 0.211 e. The highest BCUT2D eigenvalue weighted by Gasteiger charge is 2.24. The summed E-state index contributed by atoms with van der Waals surface area (Å²) in [5, 5.41) is 10.0. The number of nitrogens with zero attached hydrogens (tertiary/aromatic N) is 1. The van der Waals surface area contributed by atoms with Crippen molar-refractivity contribution in [1.82, 2.24) is 9.62 Å². The lowest BCUT2D eigenvalue weighted by Gasteiger charge is -2.27. The van der Waals surface area contributed by atoms with Crippen LogP contribution in [0.15, 0.2) is 0 Å². The van der Waals surface area contributed by atoms with Gasteiger partial charge in [0, 0.05) is 13.1 Å². The molecule has 0 spiro atoms. The summed E-state index contributed by atoms with van der Waals surface area (Å²) in [5.74, 6) is 0.0918. The third-order valence-corrected chi connectivity index (χ3v) is 3.78. The molecule has 0 aromatic rings. The summed E-state index contributed by atoms with van der Waals surface area (Å²) >= 11 is 0. The Bertz CT molecular complexity index is 343. The Labute approximate surface area is 112 Å². The molecule has 0 heterocycles. The van der Waals surface area contributed by atoms with Gasteiger partial charge in [-0.25, -0.2) is 13.1 Å². The predicted molar refractivity (Wildman–Crippen MR) is 75.0 cm³/mol. The van der Waals surface area contributed by atoms with Gasteiger partial charge in [0.25, 0.3) is 0 Å². The monoisotopic (exact) mass is 280 g/mol. The molecule has 18 heavy (non-hydrogen) atoms. The highest BCUT2D eigenvalue weighted by atomic mass is 32.2. The molecule has 0 saturated carbocycles. The van der Waals surface area contributed by atoms with Gasteiger partial charge in [-0.05, 0) is 32.9 Å². The molecular weight excluding hydrogens is 252 g/mol. The summed E-state index contributed by atoms with van der Waals surface area (Å²) in [5.41, 5.74) is -1.07. The summed E-state index contributed by atoms with van der Waals surface area (Å²) in [7, 11) is 0.359. The van der Waals surface area contributed by atoms with E-state index in [9.17, 15) is 13.5 Å². The van der Waals surface area contributed by atoms with Gasteiger partial charge < -0.3 is 10.0 Å². The lowest BCUT2D eigenvalue weighted by Crippen LogP contribution is -2.47. The van der Waals surface area contributed by atoms with Gasteiger partial charge in [-0.3, -0.25) is 0 Å². The van der Waals surface area contributed by atoms with E-state index in [0.29, 0.717) is 13.0 Å². The fourth-order valence-corrected chi connectivity index (χ4v) is 3.07. The standard InChI is InChI=1S/C12H28N2O3S/c1-11(2,3)7-8-18(16,17)13-9-12(4,15)10-14(5)6/h13,15H,7-10H2,1-6H3. The molecule has 0 radical (unpaired) electrons. The Morgan fingerprint density at radius 1 is 1.17 bits per heavy atom. The largest absolute Gasteiger partial charge is 0.387 e. The molecule has 110 valence electrons. The number of aliphatic hydroxyl groups is 1. The number of rotatable bonds is 7. The molecule has 5 nitrogen and oxygen atoms in total. The van der Waals surface area contributed by atoms with E-state index in [1.165, 1.54) is 0 Å². The van der Waals surface area contributed by atoms with Crippen molar-refractivity contribution in [1.29, 1.82) is 0 Å². The van der Waals surface area contributed by atoms with Crippen molar-refractivity contribution in [2.24, 2.45) is 5.41 Å². The fourth-order valence-electron chi connectivity index (χ4n) is 1.52. The summed E-state index contributed by atoms with van der Waals surface area (Å²) in [4.78, 5) is 1.82. The lowest BCUT2D eigenvalue weighted by atomic mass is 9.94. The molecule has 0 aliphatic carbocycles. The van der Waals surface area contributed by atoms with Gasteiger partial charge >= 0.3 is 0 Å². The maximum absolute atomic E-state index is 11.8. The second-order valence-electron chi connectivity index (χ2n) is 6.69. The lowest BCUT2D eigenvalue weighted by molar-refractivity contribution is 0.0386. The van der Waals surface area contributed by atoms with Crippen molar-refractivity contribution in [3.63, 3.8) is 0 Å². The fraction of sp³-hybridized carbons (Fsp3) is 1.00. The third-order valence-electron chi connectivity index (χ3n) is 2.45. The zero-order valence-electron chi connectivity index (χ0n) is 12.4. The first-order chi connectivity index (χ1) is 7.83. The average molecular weight is 280 g/mol. The molecule has 0 aliphatic rings. The van der Waals surface area contributed by atoms with Crippen LogP contribution in [0.5, 0.6) is 0 Å². The first-order valence-electron chi connectivity index (χ1n) is 6.17. The van der Waals surface area contributed by atoms with Crippen LogP contribution in [-0.4, -0.2) is 57.0 Å². The van der Waals surface area contributed by atoms with Crippen LogP contribution in [0.4, 0.5) is 0 Å². The van der Waals surface area contributed by atoms with Crippen molar-refractivity contribution in [2.45, 2.75) is 39.7 Å². The molecule has 0 aromatic heterocycles. The second-order valence-corrected chi connectivity index (χ2v) is 8.61. The van der Waals surface area contributed by atoms with Gasteiger partial charge in [0.1, 0.15) is 0 Å². The van der Waals surface area contributed by atoms with E-state index in [1.54, 1.807) is 6.92 Å². The Kier molecular flexibility index (Phi) is 6.26. The number of sulfonamides is 1. The van der Waals surface area contributed by atoms with Gasteiger partial charge in [0.2, 0.25) is 10.0 Å². The van der Waals surface area contributed by atoms with Crippen LogP contribution in [0.25, 0.3) is 0 Å². The zero-order chi connectivity index (χ0) is 14.6. The highest BCUT2D eigenvalue weighted by Crippen LogP contribution is 2.19. The van der Waals surface area contributed by atoms with Crippen molar-refractivity contribution in [2.75, 3.05) is 32.9 Å². The minimum atomic E-state index is -3.31. The maximum atomic E-state index is 11.8. The Morgan fingerprint density at radius 3 is 2.06 bits per heavy atom. The van der Waals surface area contributed by atoms with Crippen molar-refractivity contribution in [3.05, 3.63) is 0 Å². The molecule has 0 amide bonds. The van der Waals surface area contributed by atoms with Crippen LogP contribution in [0.2, 0.25) is 0 Å². The van der Waals surface area contributed by atoms with Gasteiger partial charge in [-0.1, -0.05) is 20.8 Å². The van der Waals surface area contributed by atoms with Gasteiger partial charge in [-0.2, -0.15) is 0 Å². The average Bonchev–Trinajstić information content (AvgIpc) is 2.09. The second kappa shape index (κ2) is 6.32. The molecule has 0 aromatic carbocycles. The molecule has 0 fully saturated rings. The van der Waals surface area contributed by atoms with Crippen LogP contribution in [-0.2, 0) is 10.0 Å². The quantitative estimate of drug-likeness (QED) is 0.718. The molecule has 1 unspecified atom stereocenters. The molecular formula is C12H28N2O3S. The van der Waals surface area contributed by atoms with Crippen LogP contribution in [0, 0.1) is 5.41 Å². The minimum absolute atomic E-state index is 0.0130. The van der Waals surface area contributed by atoms with Crippen LogP contribution in [0.1, 0.15) is 34.1 Å². The summed E-state index contributed by atoms with van der Waals surface area (Å²) in [6.07, 6.45) is 0.595. The zero-order valence-corrected chi connectivity index (χ0v) is 13.3. The Morgan fingerprint density at radius 2 is 1.67 bits per heavy atom. The Balaban J connectivity index is 4.27. The number of likely N-dealkylation sites (N-methyl/N-ethyl adjacent to an activating group) is 1. The van der Waals surface area contributed by atoms with Crippen molar-refractivity contribution in [3.8, 4) is 0 Å². The summed E-state index contributed by atoms with van der Waals surface area (Å²) in [6, 6.07) is 0. The predicted octanol–water partition coefficient (Wildman–Crippen LogP) is 0.655. The highest BCUT2D eigenvalue weighted by molar-refractivity contribution is 7.89. The maximum Gasteiger partial charge on any atom is 0.211 e. The normalized spacial score (nSPS) is 16.9. The number of nitrogens with one attached hydrogen (secondary N) is 1. The molecule has 6 heteroatoms. The van der Waals surface area contributed by atoms with Gasteiger partial charge in [0.15, 0.2) is 0 Å². The molecule has 0 aliphatic heterocycles. The van der Waals surface area contributed by atoms with Crippen molar-refractivity contribution < 1.29 is 13.5 Å². The van der Waals surface area contributed by atoms with E-state index in [0.717, 1.165) is 0 Å². The molecule has 0 rings (SSSR count). The SMILES string of the molecule is CN(C)CC(C)(O)CNS(=O)(=O)CCC(C)(C)C. The van der Waals surface area contributed by atoms with E-state index >= 15 is 0 Å². The third kappa shape index (κ3) is 9.82. The minimum Gasteiger partial charge on any atom is -0.387 e. The first-order valence-corrected chi connectivity index (χ1v) is 7.83. The molecule has 2 N–H and O–H groups in total. The van der Waals surface area contributed by atoms with Crippen molar-refractivity contribution >= 4 is 10.0 Å². The van der Waals surface area contributed by atoms with Crippen LogP contribution in [0.3, 0.4) is 0 Å². The molecule has 1 atom stereocenters. The molecule has 0 saturated heterocycles. The first kappa shape index (κ1) is 17.8. The van der Waals surface area contributed by atoms with Gasteiger partial charge in [-0.15, -0.1) is 0 Å². The van der Waals surface area contributed by atoms with E-state index in [2.05, 4.69) is 4.72 Å². The van der Waals surface area contributed by atoms with Crippen LogP contribution >= 0.6 is 0 Å². The topological polar surface area (TPSA) is 69.6 Å². The van der Waals surface area contributed by atoms with Crippen LogP contribution < -0.4 is 4.72 Å². The van der Waals surface area contributed by atoms with E-state index in [1.807, 2.05) is 39.8 Å². The van der Waals surface area contributed by atoms with E-state index in [-0.39, 0.29) is 17.7 Å². The molecule has 0 bridgehead atoms. The van der Waals surface area contributed by atoms with E-state index in [4.69, 9.17) is 0 Å². The Hall–Kier alpha value is -0.170. The number of hydrogen-bond acceptors (Lipinski definition) is 4.